The van der Waals surface area contributed by atoms with E-state index in [1.807, 2.05) is 0 Å². The largest absolute Gasteiger partial charge is 0.445 e. The van der Waals surface area contributed by atoms with Crippen LogP contribution in [0.4, 0.5) is 9.18 Å². The molecule has 1 aromatic carbocycles. The van der Waals surface area contributed by atoms with E-state index in [-0.39, 0.29) is 18.5 Å². The number of nitrogens with zero attached hydrogens (tertiary/aromatic N) is 1. The number of carbonyl (C=O) groups excluding carboxylic acids is 1. The van der Waals surface area contributed by atoms with E-state index in [1.165, 1.54) is 17.0 Å². The number of hydrogen-bond donors (Lipinski definition) is 0. The minimum Gasteiger partial charge on any atom is -0.445 e. The van der Waals surface area contributed by atoms with Gasteiger partial charge in [0, 0.05) is 6.54 Å². The van der Waals surface area contributed by atoms with Gasteiger partial charge in [0.1, 0.15) is 12.4 Å². The van der Waals surface area contributed by atoms with Crippen molar-refractivity contribution in [2.75, 3.05) is 13.2 Å². The topological polar surface area (TPSA) is 29.3 Å². The van der Waals surface area contributed by atoms with Crippen molar-refractivity contribution in [3.05, 3.63) is 35.6 Å². The van der Waals surface area contributed by atoms with Crippen LogP contribution in [0.3, 0.4) is 0 Å². The lowest BCUT2D eigenvalue weighted by Crippen LogP contribution is -2.21. The van der Waals surface area contributed by atoms with Crippen LogP contribution in [-0.4, -0.2) is 27.9 Å². The minimum absolute atomic E-state index is 0.0894. The second-order valence-electron chi connectivity index (χ2n) is 3.89. The molecule has 1 aliphatic heterocycles. The SMILES string of the molecule is O=C(OCC(Cl)(Cl)Cl)N1CC1c1ccc(F)cc1. The number of hydrogen-bond acceptors (Lipinski definition) is 2. The summed E-state index contributed by atoms with van der Waals surface area (Å²) in [5, 5.41) is 0. The van der Waals surface area contributed by atoms with E-state index in [2.05, 4.69) is 0 Å². The standard InChI is InChI=1S/C11H9Cl3FNO2/c12-11(13,14)6-18-10(17)16-5-9(16)7-1-3-8(15)4-2-7/h1-4,9H,5-6H2. The average molecular weight is 313 g/mol. The molecule has 18 heavy (non-hydrogen) atoms. The molecule has 7 heteroatoms. The van der Waals surface area contributed by atoms with Crippen molar-refractivity contribution in [2.24, 2.45) is 0 Å². The molecule has 0 radical (unpaired) electrons. The maximum absolute atomic E-state index is 12.7. The maximum atomic E-state index is 12.7. The summed E-state index contributed by atoms with van der Waals surface area (Å²) in [6.07, 6.45) is -0.546. The Morgan fingerprint density at radius 3 is 2.56 bits per heavy atom. The summed E-state index contributed by atoms with van der Waals surface area (Å²) < 4.78 is 15.9. The summed E-state index contributed by atoms with van der Waals surface area (Å²) in [6.45, 7) is 0.216. The average Bonchev–Trinajstić information content (AvgIpc) is 3.06. The molecule has 0 aromatic heterocycles. The van der Waals surface area contributed by atoms with Crippen molar-refractivity contribution in [3.8, 4) is 0 Å². The van der Waals surface area contributed by atoms with Crippen LogP contribution in [0.15, 0.2) is 24.3 Å². The number of carbonyl (C=O) groups is 1. The van der Waals surface area contributed by atoms with Crippen LogP contribution in [0.25, 0.3) is 0 Å². The molecule has 1 unspecified atom stereocenters. The molecule has 3 nitrogen and oxygen atoms in total. The molecule has 0 bridgehead atoms. The van der Waals surface area contributed by atoms with Crippen LogP contribution >= 0.6 is 34.8 Å². The molecule has 0 N–H and O–H groups in total. The first-order chi connectivity index (χ1) is 8.37. The number of benzene rings is 1. The predicted molar refractivity (Wildman–Crippen MR) is 67.5 cm³/mol. The monoisotopic (exact) mass is 311 g/mol. The van der Waals surface area contributed by atoms with Gasteiger partial charge in [0.15, 0.2) is 0 Å². The van der Waals surface area contributed by atoms with Gasteiger partial charge in [-0.05, 0) is 17.7 Å². The summed E-state index contributed by atoms with van der Waals surface area (Å²) in [4.78, 5) is 13.0. The highest BCUT2D eigenvalue weighted by Gasteiger charge is 2.41. The first-order valence-corrected chi connectivity index (χ1v) is 6.26. The second kappa shape index (κ2) is 5.11. The Labute approximate surface area is 118 Å². The van der Waals surface area contributed by atoms with E-state index < -0.39 is 9.89 Å². The highest BCUT2D eigenvalue weighted by Crippen LogP contribution is 2.36. The van der Waals surface area contributed by atoms with Gasteiger partial charge in [-0.2, -0.15) is 0 Å². The van der Waals surface area contributed by atoms with Gasteiger partial charge in [-0.1, -0.05) is 46.9 Å². The zero-order chi connectivity index (χ0) is 13.3. The molecule has 1 aromatic rings. The van der Waals surface area contributed by atoms with E-state index in [4.69, 9.17) is 39.5 Å². The number of alkyl halides is 3. The molecule has 1 saturated heterocycles. The molecule has 1 atom stereocenters. The van der Waals surface area contributed by atoms with Gasteiger partial charge in [-0.3, -0.25) is 4.90 Å². The molecule has 2 rings (SSSR count). The van der Waals surface area contributed by atoms with E-state index in [0.29, 0.717) is 6.54 Å². The third-order valence-electron chi connectivity index (χ3n) is 2.46. The Morgan fingerprint density at radius 2 is 2.00 bits per heavy atom. The third kappa shape index (κ3) is 3.64. The van der Waals surface area contributed by atoms with Gasteiger partial charge < -0.3 is 4.74 Å². The molecule has 1 heterocycles. The van der Waals surface area contributed by atoms with Crippen LogP contribution in [0.2, 0.25) is 0 Å². The van der Waals surface area contributed by atoms with E-state index in [0.717, 1.165) is 5.56 Å². The first kappa shape index (κ1) is 13.7. The Kier molecular flexibility index (Phi) is 3.90. The molecule has 0 spiro atoms. The fraction of sp³-hybridized carbons (Fsp3) is 0.364. The van der Waals surface area contributed by atoms with Crippen molar-refractivity contribution >= 4 is 40.9 Å². The van der Waals surface area contributed by atoms with Crippen molar-refractivity contribution in [1.82, 2.24) is 4.90 Å². The highest BCUT2D eigenvalue weighted by atomic mass is 35.6. The van der Waals surface area contributed by atoms with Crippen molar-refractivity contribution in [3.63, 3.8) is 0 Å². The van der Waals surface area contributed by atoms with Gasteiger partial charge in [0.05, 0.1) is 6.04 Å². The highest BCUT2D eigenvalue weighted by molar-refractivity contribution is 6.67. The number of ether oxygens (including phenoxy) is 1. The quantitative estimate of drug-likeness (QED) is 0.615. The second-order valence-corrected chi connectivity index (χ2v) is 6.41. The number of rotatable bonds is 2. The summed E-state index contributed by atoms with van der Waals surface area (Å²) in [6, 6.07) is 5.86. The molecule has 0 saturated carbocycles. The van der Waals surface area contributed by atoms with Gasteiger partial charge >= 0.3 is 6.09 Å². The lowest BCUT2D eigenvalue weighted by atomic mass is 10.1. The first-order valence-electron chi connectivity index (χ1n) is 5.12. The third-order valence-corrected chi connectivity index (χ3v) is 2.79. The summed E-state index contributed by atoms with van der Waals surface area (Å²) in [5.41, 5.74) is 0.849. The van der Waals surface area contributed by atoms with Crippen molar-refractivity contribution < 1.29 is 13.9 Å². The zero-order valence-electron chi connectivity index (χ0n) is 9.08. The Hall–Kier alpha value is -0.710. The zero-order valence-corrected chi connectivity index (χ0v) is 11.3. The summed E-state index contributed by atoms with van der Waals surface area (Å²) >= 11 is 16.4. The number of amides is 1. The molecular formula is C11H9Cl3FNO2. The fourth-order valence-electron chi connectivity index (χ4n) is 1.54. The van der Waals surface area contributed by atoms with E-state index >= 15 is 0 Å². The number of halogens is 4. The summed E-state index contributed by atoms with van der Waals surface area (Å²) in [7, 11) is 0. The van der Waals surface area contributed by atoms with Crippen LogP contribution in [-0.2, 0) is 4.74 Å². The van der Waals surface area contributed by atoms with E-state index in [9.17, 15) is 9.18 Å². The van der Waals surface area contributed by atoms with Gasteiger partial charge in [0.25, 0.3) is 0 Å². The van der Waals surface area contributed by atoms with Gasteiger partial charge in [0.2, 0.25) is 3.79 Å². The molecule has 1 aliphatic rings. The molecule has 1 amide bonds. The van der Waals surface area contributed by atoms with Gasteiger partial charge in [-0.15, -0.1) is 0 Å². The van der Waals surface area contributed by atoms with E-state index in [1.54, 1.807) is 12.1 Å². The van der Waals surface area contributed by atoms with Crippen molar-refractivity contribution in [1.29, 1.82) is 0 Å². The normalized spacial score (nSPS) is 18.7. The van der Waals surface area contributed by atoms with Crippen LogP contribution < -0.4 is 0 Å². The Balaban J connectivity index is 1.87. The lowest BCUT2D eigenvalue weighted by molar-refractivity contribution is 0.131. The molecule has 1 fully saturated rings. The van der Waals surface area contributed by atoms with Gasteiger partial charge in [-0.25, -0.2) is 9.18 Å². The molecule has 98 valence electrons. The molecule has 0 aliphatic carbocycles. The van der Waals surface area contributed by atoms with Crippen LogP contribution in [0.1, 0.15) is 11.6 Å². The smallest absolute Gasteiger partial charge is 0.410 e. The van der Waals surface area contributed by atoms with Crippen LogP contribution in [0.5, 0.6) is 0 Å². The lowest BCUT2D eigenvalue weighted by Gasteiger charge is -2.12. The summed E-state index contributed by atoms with van der Waals surface area (Å²) in [5.74, 6) is -0.315. The molecular weight excluding hydrogens is 303 g/mol. The Bertz CT molecular complexity index is 447. The van der Waals surface area contributed by atoms with Crippen LogP contribution in [0, 0.1) is 5.82 Å². The minimum atomic E-state index is -1.61. The predicted octanol–water partition coefficient (Wildman–Crippen LogP) is 3.69. The fourth-order valence-corrected chi connectivity index (χ4v) is 1.70. The van der Waals surface area contributed by atoms with Crippen molar-refractivity contribution in [2.45, 2.75) is 9.83 Å². The maximum Gasteiger partial charge on any atom is 0.410 e. The Morgan fingerprint density at radius 1 is 1.39 bits per heavy atom.